The minimum absolute atomic E-state index is 0.0625. The third-order valence-electron chi connectivity index (χ3n) is 2.34. The number of nitrogens with one attached hydrogen (secondary N) is 1. The Labute approximate surface area is 107 Å². The van der Waals surface area contributed by atoms with E-state index in [1.807, 2.05) is 6.92 Å². The lowest BCUT2D eigenvalue weighted by atomic mass is 10.1. The third-order valence-corrected chi connectivity index (χ3v) is 2.34. The highest BCUT2D eigenvalue weighted by molar-refractivity contribution is 5.77. The number of carbonyl (C=O) groups excluding carboxylic acids is 1. The predicted molar refractivity (Wildman–Crippen MR) is 69.4 cm³/mol. The molecule has 1 heterocycles. The van der Waals surface area contributed by atoms with Gasteiger partial charge in [-0.3, -0.25) is 4.79 Å². The highest BCUT2D eigenvalue weighted by Crippen LogP contribution is 2.03. The van der Waals surface area contributed by atoms with Gasteiger partial charge < -0.3 is 10.1 Å². The first kappa shape index (κ1) is 16.3. The molecule has 0 aliphatic heterocycles. The number of Topliss-reactive ketones (excluding diaryl/α,β-unsaturated/α-hetero) is 1. The second kappa shape index (κ2) is 9.32. The molecule has 0 unspecified atom stereocenters. The number of aryl methyl sites for hydroxylation is 1. The highest BCUT2D eigenvalue weighted by Gasteiger charge is 2.04. The lowest BCUT2D eigenvalue weighted by Gasteiger charge is -1.93. The summed E-state index contributed by atoms with van der Waals surface area (Å²) in [6.45, 7) is 5.73. The topological polar surface area (TPSA) is 88.9 Å². The number of aromatic nitrogens is 2. The van der Waals surface area contributed by atoms with E-state index in [0.29, 0.717) is 18.0 Å². The second-order valence-corrected chi connectivity index (χ2v) is 3.96. The van der Waals surface area contributed by atoms with Gasteiger partial charge in [0.1, 0.15) is 12.0 Å². The molecule has 1 N–H and O–H groups in total. The van der Waals surface area contributed by atoms with Gasteiger partial charge in [-0.15, -0.1) is 0 Å². The van der Waals surface area contributed by atoms with Crippen molar-refractivity contribution in [3.63, 3.8) is 0 Å². The molecule has 0 fully saturated rings. The zero-order chi connectivity index (χ0) is 14.0. The average molecular weight is 255 g/mol. The summed E-state index contributed by atoms with van der Waals surface area (Å²) in [4.78, 5) is 26.2. The Morgan fingerprint density at radius 2 is 2.11 bits per heavy atom. The largest absolute Gasteiger partial charge is 0.358 e. The molecular weight excluding hydrogens is 234 g/mol. The number of aromatic amines is 1. The predicted octanol–water partition coefficient (Wildman–Crippen LogP) is 3.17. The lowest BCUT2D eigenvalue weighted by molar-refractivity contribution is -0.389. The number of nitro groups is 1. The summed E-state index contributed by atoms with van der Waals surface area (Å²) in [6.07, 6.45) is 6.19. The monoisotopic (exact) mass is 255 g/mol. The number of unbranched alkanes of at least 4 members (excludes halogenated alkanes) is 2. The Morgan fingerprint density at radius 1 is 1.44 bits per heavy atom. The van der Waals surface area contributed by atoms with Crippen LogP contribution in [0.25, 0.3) is 0 Å². The molecule has 18 heavy (non-hydrogen) atoms. The number of ketones is 1. The van der Waals surface area contributed by atoms with Crippen LogP contribution in [0, 0.1) is 17.0 Å². The van der Waals surface area contributed by atoms with E-state index in [1.165, 1.54) is 19.0 Å². The van der Waals surface area contributed by atoms with Gasteiger partial charge in [-0.05, 0) is 11.3 Å². The van der Waals surface area contributed by atoms with Gasteiger partial charge in [-0.25, -0.2) is 9.97 Å². The Bertz CT molecular complexity index is 374. The van der Waals surface area contributed by atoms with E-state index in [1.54, 1.807) is 6.92 Å². The normalized spacial score (nSPS) is 9.50. The van der Waals surface area contributed by atoms with Crippen LogP contribution in [-0.4, -0.2) is 20.7 Å². The molecule has 1 aromatic heterocycles. The van der Waals surface area contributed by atoms with Crippen LogP contribution in [-0.2, 0) is 4.79 Å². The summed E-state index contributed by atoms with van der Waals surface area (Å²) < 4.78 is 0. The first-order valence-electron chi connectivity index (χ1n) is 6.18. The molecule has 0 saturated carbocycles. The summed E-state index contributed by atoms with van der Waals surface area (Å²) in [6, 6.07) is 0. The zero-order valence-electron chi connectivity index (χ0n) is 11.2. The molecule has 102 valence electrons. The van der Waals surface area contributed by atoms with Crippen LogP contribution in [0.5, 0.6) is 0 Å². The van der Waals surface area contributed by atoms with Crippen LogP contribution in [0.15, 0.2) is 6.20 Å². The Hall–Kier alpha value is -1.72. The van der Waals surface area contributed by atoms with E-state index < -0.39 is 4.92 Å². The molecule has 0 bridgehead atoms. The van der Waals surface area contributed by atoms with Crippen LogP contribution in [0.1, 0.15) is 51.8 Å². The van der Waals surface area contributed by atoms with Crippen LogP contribution >= 0.6 is 0 Å². The SMILES string of the molecule is CCCCCC(=O)CC.Cc1ncc([N+](=O)[O-])[nH]1. The van der Waals surface area contributed by atoms with E-state index in [2.05, 4.69) is 16.9 Å². The molecule has 0 spiro atoms. The number of hydrogen-bond donors (Lipinski definition) is 1. The van der Waals surface area contributed by atoms with Crippen molar-refractivity contribution in [2.45, 2.75) is 52.9 Å². The molecule has 0 aliphatic carbocycles. The highest BCUT2D eigenvalue weighted by atomic mass is 16.6. The lowest BCUT2D eigenvalue weighted by Crippen LogP contribution is -1.93. The van der Waals surface area contributed by atoms with Gasteiger partial charge >= 0.3 is 5.82 Å². The number of H-pyrrole nitrogens is 1. The van der Waals surface area contributed by atoms with E-state index in [0.717, 1.165) is 12.8 Å². The molecule has 1 rings (SSSR count). The zero-order valence-corrected chi connectivity index (χ0v) is 11.2. The van der Waals surface area contributed by atoms with Crippen molar-refractivity contribution < 1.29 is 9.72 Å². The molecule has 0 radical (unpaired) electrons. The summed E-state index contributed by atoms with van der Waals surface area (Å²) in [7, 11) is 0. The van der Waals surface area contributed by atoms with Crippen LogP contribution in [0.4, 0.5) is 5.82 Å². The van der Waals surface area contributed by atoms with Gasteiger partial charge in [0.15, 0.2) is 5.82 Å². The summed E-state index contributed by atoms with van der Waals surface area (Å²) in [5.74, 6) is 0.901. The van der Waals surface area contributed by atoms with Gasteiger partial charge in [0.05, 0.1) is 0 Å². The van der Waals surface area contributed by atoms with Gasteiger partial charge in [0.25, 0.3) is 0 Å². The number of carbonyl (C=O) groups is 1. The van der Waals surface area contributed by atoms with E-state index >= 15 is 0 Å². The van der Waals surface area contributed by atoms with Crippen molar-refractivity contribution in [3.05, 3.63) is 22.1 Å². The smallest absolute Gasteiger partial charge is 0.340 e. The first-order chi connectivity index (χ1) is 8.51. The van der Waals surface area contributed by atoms with Gasteiger partial charge in [-0.1, -0.05) is 26.7 Å². The fraction of sp³-hybridized carbons (Fsp3) is 0.667. The molecule has 0 saturated heterocycles. The van der Waals surface area contributed by atoms with Crippen molar-refractivity contribution in [2.75, 3.05) is 0 Å². The van der Waals surface area contributed by atoms with Crippen molar-refractivity contribution in [1.82, 2.24) is 9.97 Å². The summed E-state index contributed by atoms with van der Waals surface area (Å²) >= 11 is 0. The number of rotatable bonds is 6. The minimum Gasteiger partial charge on any atom is -0.358 e. The van der Waals surface area contributed by atoms with E-state index in [9.17, 15) is 14.9 Å². The number of hydrogen-bond acceptors (Lipinski definition) is 4. The molecule has 0 atom stereocenters. The van der Waals surface area contributed by atoms with Crippen molar-refractivity contribution in [3.8, 4) is 0 Å². The summed E-state index contributed by atoms with van der Waals surface area (Å²) in [5, 5.41) is 9.95. The molecule has 6 nitrogen and oxygen atoms in total. The molecule has 0 aliphatic rings. The number of imidazole rings is 1. The number of nitrogens with zero attached hydrogens (tertiary/aromatic N) is 2. The quantitative estimate of drug-likeness (QED) is 0.480. The van der Waals surface area contributed by atoms with E-state index in [4.69, 9.17) is 0 Å². The third kappa shape index (κ3) is 7.54. The molecule has 6 heteroatoms. The maximum Gasteiger partial charge on any atom is 0.340 e. The Balaban J connectivity index is 0.000000321. The van der Waals surface area contributed by atoms with Crippen LogP contribution in [0.2, 0.25) is 0 Å². The van der Waals surface area contributed by atoms with Gasteiger partial charge in [0, 0.05) is 19.8 Å². The molecule has 0 amide bonds. The molecule has 1 aromatic rings. The van der Waals surface area contributed by atoms with Crippen LogP contribution < -0.4 is 0 Å². The van der Waals surface area contributed by atoms with Crippen molar-refractivity contribution in [1.29, 1.82) is 0 Å². The first-order valence-corrected chi connectivity index (χ1v) is 6.18. The van der Waals surface area contributed by atoms with Gasteiger partial charge in [-0.2, -0.15) is 0 Å². The standard InChI is InChI=1S/C8H16O.C4H5N3O2/c1-3-5-6-7-8(9)4-2;1-3-5-2-4(6-3)7(8)9/h3-7H2,1-2H3;2H,1H3,(H,5,6). The fourth-order valence-electron chi connectivity index (χ4n) is 1.25. The molecule has 0 aromatic carbocycles. The maximum absolute atomic E-state index is 10.7. The fourth-order valence-corrected chi connectivity index (χ4v) is 1.25. The summed E-state index contributed by atoms with van der Waals surface area (Å²) in [5.41, 5.74) is 0. The van der Waals surface area contributed by atoms with E-state index in [-0.39, 0.29) is 5.82 Å². The molecular formula is C12H21N3O3. The second-order valence-electron chi connectivity index (χ2n) is 3.96. The van der Waals surface area contributed by atoms with Gasteiger partial charge in [0.2, 0.25) is 0 Å². The Kier molecular flexibility index (Phi) is 8.43. The van der Waals surface area contributed by atoms with Crippen molar-refractivity contribution in [2.24, 2.45) is 0 Å². The minimum atomic E-state index is -0.514. The van der Waals surface area contributed by atoms with Crippen molar-refractivity contribution >= 4 is 11.6 Å². The maximum atomic E-state index is 10.7. The average Bonchev–Trinajstić information content (AvgIpc) is 2.77. The Morgan fingerprint density at radius 3 is 2.44 bits per heavy atom. The van der Waals surface area contributed by atoms with Crippen LogP contribution in [0.3, 0.4) is 0 Å².